The molecular weight excluding hydrogens is 386 g/mol. The zero-order valence-electron chi connectivity index (χ0n) is 16.6. The van der Waals surface area contributed by atoms with E-state index in [9.17, 15) is 19.8 Å². The molecule has 0 aliphatic heterocycles. The molecule has 3 saturated carbocycles. The summed E-state index contributed by atoms with van der Waals surface area (Å²) >= 11 is 0. The first-order chi connectivity index (χ1) is 13.3. The highest BCUT2D eigenvalue weighted by Gasteiger charge is 2.76. The molecule has 0 unspecified atom stereocenters. The maximum Gasteiger partial charge on any atom is 0.508 e. The molecule has 160 valence electrons. The average molecular weight is 412 g/mol. The Balaban J connectivity index is 1.85. The number of aliphatic hydroxyl groups is 2. The summed E-state index contributed by atoms with van der Waals surface area (Å²) in [6.45, 7) is 4.68. The highest BCUT2D eigenvalue weighted by atomic mass is 19.1. The monoisotopic (exact) mass is 412 g/mol. The van der Waals surface area contributed by atoms with Crippen molar-refractivity contribution in [1.82, 2.24) is 0 Å². The van der Waals surface area contributed by atoms with Crippen LogP contribution in [-0.4, -0.2) is 51.0 Å². The van der Waals surface area contributed by atoms with Gasteiger partial charge in [-0.3, -0.25) is 4.79 Å². The quantitative estimate of drug-likeness (QED) is 0.452. The first-order valence-electron chi connectivity index (χ1n) is 9.92. The molecule has 0 aromatic carbocycles. The maximum absolute atomic E-state index is 16.8. The number of fused-ring (bicyclic) bond motifs is 5. The molecule has 0 bridgehead atoms. The van der Waals surface area contributed by atoms with Crippen LogP contribution in [0.15, 0.2) is 23.8 Å². The second-order valence-corrected chi connectivity index (χ2v) is 9.56. The molecule has 6 nitrogen and oxygen atoms in total. The van der Waals surface area contributed by atoms with Crippen molar-refractivity contribution in [2.24, 2.45) is 28.6 Å². The molecule has 0 aromatic rings. The lowest BCUT2D eigenvalue weighted by Crippen LogP contribution is -2.70. The van der Waals surface area contributed by atoms with E-state index < -0.39 is 64.3 Å². The van der Waals surface area contributed by atoms with Gasteiger partial charge < -0.3 is 20.1 Å². The Bertz CT molecular complexity index is 841. The lowest BCUT2D eigenvalue weighted by atomic mass is 9.45. The molecule has 4 aliphatic carbocycles. The topological polar surface area (TPSA) is 104 Å². The van der Waals surface area contributed by atoms with E-state index in [1.54, 1.807) is 13.8 Å². The Morgan fingerprint density at radius 3 is 2.55 bits per heavy atom. The van der Waals surface area contributed by atoms with Gasteiger partial charge in [-0.1, -0.05) is 19.9 Å². The highest BCUT2D eigenvalue weighted by Crippen LogP contribution is 2.70. The van der Waals surface area contributed by atoms with Gasteiger partial charge in [0.1, 0.15) is 6.17 Å². The van der Waals surface area contributed by atoms with Gasteiger partial charge in [-0.2, -0.15) is 0 Å². The predicted octanol–water partition coefficient (Wildman–Crippen LogP) is 2.93. The summed E-state index contributed by atoms with van der Waals surface area (Å²) in [6.07, 6.45) is -1.48. The van der Waals surface area contributed by atoms with Gasteiger partial charge >= 0.3 is 6.16 Å². The lowest BCUT2D eigenvalue weighted by Gasteiger charge is -2.62. The smallest absolute Gasteiger partial charge is 0.450 e. The number of hydrogen-bond donors (Lipinski definition) is 3. The fourth-order valence-electron chi connectivity index (χ4n) is 6.85. The number of rotatable bonds is 1. The minimum absolute atomic E-state index is 0.0227. The molecule has 9 atom stereocenters. The fraction of sp³-hybridized carbons (Fsp3) is 0.714. The van der Waals surface area contributed by atoms with Crippen LogP contribution in [0.3, 0.4) is 0 Å². The molecule has 0 aromatic heterocycles. The standard InChI is InChI=1S/C21H26F2O6/c1-10-6-12-13-8-15(22)14-7-11(24)4-5-18(14,2)20(13,23)16(25)9-19(12,3)21(10,28)29-17(26)27/h4-5,7,10,12-13,15-16,25,28H,6,8-9H2,1-3H3,(H,26,27)/t10-,12+,13+,15+,16+,18+,19+,20+,21+/m1/s1. The van der Waals surface area contributed by atoms with Crippen molar-refractivity contribution < 1.29 is 38.4 Å². The summed E-state index contributed by atoms with van der Waals surface area (Å²) in [6, 6.07) is 0. The average Bonchev–Trinajstić information content (AvgIpc) is 2.79. The third-order valence-electron chi connectivity index (χ3n) is 8.36. The molecule has 8 heteroatoms. The zero-order valence-corrected chi connectivity index (χ0v) is 16.6. The van der Waals surface area contributed by atoms with Crippen LogP contribution in [0.2, 0.25) is 0 Å². The number of halogens is 2. The second kappa shape index (κ2) is 5.88. The largest absolute Gasteiger partial charge is 0.508 e. The summed E-state index contributed by atoms with van der Waals surface area (Å²) in [5, 5.41) is 31.3. The molecular formula is C21H26F2O6. The minimum Gasteiger partial charge on any atom is -0.450 e. The molecule has 0 spiro atoms. The Morgan fingerprint density at radius 2 is 1.93 bits per heavy atom. The highest BCUT2D eigenvalue weighted by molar-refractivity contribution is 6.01. The molecule has 4 aliphatic rings. The van der Waals surface area contributed by atoms with Crippen molar-refractivity contribution >= 4 is 11.9 Å². The fourth-order valence-corrected chi connectivity index (χ4v) is 6.85. The molecule has 0 saturated heterocycles. The van der Waals surface area contributed by atoms with Gasteiger partial charge in [-0.15, -0.1) is 0 Å². The molecule has 4 rings (SSSR count). The van der Waals surface area contributed by atoms with Crippen LogP contribution >= 0.6 is 0 Å². The number of allylic oxidation sites excluding steroid dienone is 4. The molecule has 0 radical (unpaired) electrons. The summed E-state index contributed by atoms with van der Waals surface area (Å²) in [5.74, 6) is -4.80. The van der Waals surface area contributed by atoms with Gasteiger partial charge in [-0.05, 0) is 49.8 Å². The Labute approximate surface area is 167 Å². The normalized spacial score (nSPS) is 53.6. The number of carbonyl (C=O) groups is 2. The molecule has 0 heterocycles. The first-order valence-corrected chi connectivity index (χ1v) is 9.92. The first kappa shape index (κ1) is 20.5. The predicted molar refractivity (Wildman–Crippen MR) is 97.2 cm³/mol. The Hall–Kier alpha value is -1.80. The number of carboxylic acid groups (broad SMARTS) is 1. The van der Waals surface area contributed by atoms with Gasteiger partial charge in [0.25, 0.3) is 0 Å². The van der Waals surface area contributed by atoms with E-state index in [2.05, 4.69) is 0 Å². The summed E-state index contributed by atoms with van der Waals surface area (Å²) in [4.78, 5) is 23.0. The number of hydrogen-bond acceptors (Lipinski definition) is 5. The van der Waals surface area contributed by atoms with Crippen LogP contribution in [0, 0.1) is 28.6 Å². The SMILES string of the molecule is C[C@@H]1C[C@H]2[C@@H]3C[C@H](F)C4=CC(=O)C=C[C@]4(C)[C@@]3(F)[C@@H](O)C[C@]2(C)[C@@]1(O)OC(=O)O. The van der Waals surface area contributed by atoms with Crippen LogP contribution < -0.4 is 0 Å². The van der Waals surface area contributed by atoms with Gasteiger partial charge in [0.05, 0.1) is 6.10 Å². The molecule has 0 amide bonds. The van der Waals surface area contributed by atoms with Crippen molar-refractivity contribution in [3.8, 4) is 0 Å². The number of aliphatic hydroxyl groups excluding tert-OH is 1. The molecule has 3 fully saturated rings. The molecule has 3 N–H and O–H groups in total. The number of ketones is 1. The zero-order chi connectivity index (χ0) is 21.6. The molecule has 29 heavy (non-hydrogen) atoms. The van der Waals surface area contributed by atoms with Gasteiger partial charge in [0.15, 0.2) is 11.5 Å². The van der Waals surface area contributed by atoms with E-state index in [4.69, 9.17) is 9.84 Å². The lowest BCUT2D eigenvalue weighted by molar-refractivity contribution is -0.291. The minimum atomic E-state index is -2.27. The van der Waals surface area contributed by atoms with E-state index in [1.165, 1.54) is 19.1 Å². The van der Waals surface area contributed by atoms with Crippen molar-refractivity contribution in [2.45, 2.75) is 63.8 Å². The van der Waals surface area contributed by atoms with E-state index in [1.807, 2.05) is 0 Å². The van der Waals surface area contributed by atoms with E-state index in [0.29, 0.717) is 0 Å². The van der Waals surface area contributed by atoms with Crippen molar-refractivity contribution in [3.63, 3.8) is 0 Å². The van der Waals surface area contributed by atoms with Gasteiger partial charge in [0, 0.05) is 22.7 Å². The summed E-state index contributed by atoms with van der Waals surface area (Å²) in [5.41, 5.74) is -5.04. The van der Waals surface area contributed by atoms with E-state index in [0.717, 1.165) is 6.08 Å². The summed E-state index contributed by atoms with van der Waals surface area (Å²) < 4.78 is 36.9. The van der Waals surface area contributed by atoms with Crippen molar-refractivity contribution in [2.75, 3.05) is 0 Å². The van der Waals surface area contributed by atoms with Gasteiger partial charge in [0.2, 0.25) is 5.79 Å². The summed E-state index contributed by atoms with van der Waals surface area (Å²) in [7, 11) is 0. The van der Waals surface area contributed by atoms with Crippen LogP contribution in [0.1, 0.15) is 40.0 Å². The van der Waals surface area contributed by atoms with Crippen LogP contribution in [0.4, 0.5) is 13.6 Å². The van der Waals surface area contributed by atoms with E-state index in [-0.39, 0.29) is 24.8 Å². The number of carbonyl (C=O) groups excluding carboxylic acids is 1. The van der Waals surface area contributed by atoms with Crippen LogP contribution in [0.5, 0.6) is 0 Å². The van der Waals surface area contributed by atoms with E-state index >= 15 is 8.78 Å². The third kappa shape index (κ3) is 2.27. The number of ether oxygens (including phenoxy) is 1. The second-order valence-electron chi connectivity index (χ2n) is 9.56. The Morgan fingerprint density at radius 1 is 1.28 bits per heavy atom. The number of alkyl halides is 2. The third-order valence-corrected chi connectivity index (χ3v) is 8.36. The van der Waals surface area contributed by atoms with Crippen molar-refractivity contribution in [3.05, 3.63) is 23.8 Å². The van der Waals surface area contributed by atoms with Crippen LogP contribution in [0.25, 0.3) is 0 Å². The van der Waals surface area contributed by atoms with Gasteiger partial charge in [-0.25, -0.2) is 13.6 Å². The Kier molecular flexibility index (Phi) is 4.15. The van der Waals surface area contributed by atoms with Crippen molar-refractivity contribution in [1.29, 1.82) is 0 Å². The van der Waals surface area contributed by atoms with Crippen LogP contribution in [-0.2, 0) is 9.53 Å². The maximum atomic E-state index is 16.8.